The van der Waals surface area contributed by atoms with E-state index in [0.717, 1.165) is 44.1 Å². The smallest absolute Gasteiger partial charge is 0.222 e. The van der Waals surface area contributed by atoms with Gasteiger partial charge in [0.1, 0.15) is 9.84 Å². The van der Waals surface area contributed by atoms with Crippen molar-refractivity contribution in [2.24, 2.45) is 11.8 Å². The summed E-state index contributed by atoms with van der Waals surface area (Å²) in [4.78, 5) is 16.7. The number of fused-ring (bicyclic) bond motifs is 2. The molecule has 3 fully saturated rings. The van der Waals surface area contributed by atoms with E-state index >= 15 is 0 Å². The Morgan fingerprint density at radius 3 is 2.36 bits per heavy atom. The Hall–Kier alpha value is -0.620. The SMILES string of the molecule is CS(=O)(=O)CCCC(=O)N1CCN([C@H]2C[C@H]3CC[C@@H]2C3)CC1. The molecule has 126 valence electrons. The van der Waals surface area contributed by atoms with Crippen molar-refractivity contribution in [1.29, 1.82) is 0 Å². The van der Waals surface area contributed by atoms with E-state index < -0.39 is 9.84 Å². The fourth-order valence-corrected chi connectivity index (χ4v) is 5.27. The number of sulfone groups is 1. The van der Waals surface area contributed by atoms with E-state index in [1.807, 2.05) is 4.90 Å². The van der Waals surface area contributed by atoms with Crippen molar-refractivity contribution in [2.75, 3.05) is 38.2 Å². The third-order valence-corrected chi connectivity index (χ3v) is 6.77. The van der Waals surface area contributed by atoms with Crippen LogP contribution in [-0.4, -0.2) is 68.4 Å². The van der Waals surface area contributed by atoms with Gasteiger partial charge in [-0.05, 0) is 37.5 Å². The van der Waals surface area contributed by atoms with Gasteiger partial charge in [-0.2, -0.15) is 0 Å². The maximum Gasteiger partial charge on any atom is 0.222 e. The fraction of sp³-hybridized carbons (Fsp3) is 0.938. The lowest BCUT2D eigenvalue weighted by atomic mass is 9.93. The molecule has 0 N–H and O–H groups in total. The molecular weight excluding hydrogens is 300 g/mol. The van der Waals surface area contributed by atoms with E-state index in [2.05, 4.69) is 4.90 Å². The molecule has 0 aromatic heterocycles. The molecule has 1 heterocycles. The number of piperazine rings is 1. The quantitative estimate of drug-likeness (QED) is 0.759. The van der Waals surface area contributed by atoms with Crippen molar-refractivity contribution in [3.05, 3.63) is 0 Å². The maximum absolute atomic E-state index is 12.2. The van der Waals surface area contributed by atoms with Gasteiger partial charge in [0.05, 0.1) is 5.75 Å². The number of hydrogen-bond donors (Lipinski definition) is 0. The van der Waals surface area contributed by atoms with Crippen LogP contribution in [0.25, 0.3) is 0 Å². The Bertz CT molecular complexity index is 511. The normalized spacial score (nSPS) is 32.6. The molecule has 3 atom stereocenters. The molecule has 0 spiro atoms. The lowest BCUT2D eigenvalue weighted by molar-refractivity contribution is -0.133. The Morgan fingerprint density at radius 1 is 1.09 bits per heavy atom. The van der Waals surface area contributed by atoms with Crippen LogP contribution in [0.2, 0.25) is 0 Å². The van der Waals surface area contributed by atoms with Gasteiger partial charge in [0, 0.05) is 44.9 Å². The summed E-state index contributed by atoms with van der Waals surface area (Å²) in [6.45, 7) is 3.61. The van der Waals surface area contributed by atoms with Gasteiger partial charge >= 0.3 is 0 Å². The fourth-order valence-electron chi connectivity index (χ4n) is 4.61. The van der Waals surface area contributed by atoms with Gasteiger partial charge in [-0.1, -0.05) is 6.42 Å². The predicted molar refractivity (Wildman–Crippen MR) is 86.3 cm³/mol. The molecule has 22 heavy (non-hydrogen) atoms. The summed E-state index contributed by atoms with van der Waals surface area (Å²) in [5, 5.41) is 0. The van der Waals surface area contributed by atoms with Gasteiger partial charge in [0.25, 0.3) is 0 Å². The van der Waals surface area contributed by atoms with Gasteiger partial charge in [-0.25, -0.2) is 8.42 Å². The van der Waals surface area contributed by atoms with Crippen LogP contribution in [0.3, 0.4) is 0 Å². The summed E-state index contributed by atoms with van der Waals surface area (Å²) in [5.41, 5.74) is 0. The van der Waals surface area contributed by atoms with Gasteiger partial charge in [0.15, 0.2) is 0 Å². The van der Waals surface area contributed by atoms with Crippen LogP contribution in [0.4, 0.5) is 0 Å². The van der Waals surface area contributed by atoms with E-state index in [-0.39, 0.29) is 11.7 Å². The number of hydrogen-bond acceptors (Lipinski definition) is 4. The van der Waals surface area contributed by atoms with Gasteiger partial charge in [-0.3, -0.25) is 9.69 Å². The molecule has 0 unspecified atom stereocenters. The van der Waals surface area contributed by atoms with E-state index in [1.165, 1.54) is 31.9 Å². The Labute approximate surface area is 134 Å². The minimum Gasteiger partial charge on any atom is -0.340 e. The molecule has 0 aromatic rings. The monoisotopic (exact) mass is 328 g/mol. The Kier molecular flexibility index (Phi) is 4.78. The molecule has 1 amide bonds. The third kappa shape index (κ3) is 3.82. The first kappa shape index (κ1) is 16.2. The molecule has 2 saturated carbocycles. The van der Waals surface area contributed by atoms with Crippen LogP contribution in [0.15, 0.2) is 0 Å². The van der Waals surface area contributed by atoms with Crippen molar-refractivity contribution in [2.45, 2.75) is 44.6 Å². The van der Waals surface area contributed by atoms with Crippen LogP contribution < -0.4 is 0 Å². The summed E-state index contributed by atoms with van der Waals surface area (Å²) in [6.07, 6.45) is 7.67. The molecule has 2 bridgehead atoms. The standard InChI is InChI=1S/C16H28N2O3S/c1-22(20,21)10-2-3-16(19)18-8-6-17(7-9-18)15-12-13-4-5-14(15)11-13/h13-15H,2-12H2,1H3/t13-,14+,15-/m0/s1. The van der Waals surface area contributed by atoms with Crippen molar-refractivity contribution >= 4 is 15.7 Å². The predicted octanol–water partition coefficient (Wildman–Crippen LogP) is 1.14. The second-order valence-corrected chi connectivity index (χ2v) is 9.65. The second kappa shape index (κ2) is 6.48. The molecule has 1 aliphatic heterocycles. The zero-order chi connectivity index (χ0) is 15.7. The first-order valence-electron chi connectivity index (χ1n) is 8.62. The average molecular weight is 328 g/mol. The molecule has 3 rings (SSSR count). The highest BCUT2D eigenvalue weighted by Gasteiger charge is 2.42. The number of rotatable bonds is 5. The number of amides is 1. The van der Waals surface area contributed by atoms with Crippen molar-refractivity contribution in [3.8, 4) is 0 Å². The third-order valence-electron chi connectivity index (χ3n) is 5.74. The topological polar surface area (TPSA) is 57.7 Å². The highest BCUT2D eigenvalue weighted by molar-refractivity contribution is 7.90. The molecule has 0 radical (unpaired) electrons. The highest BCUT2D eigenvalue weighted by atomic mass is 32.2. The van der Waals surface area contributed by atoms with Crippen molar-refractivity contribution < 1.29 is 13.2 Å². The zero-order valence-corrected chi connectivity index (χ0v) is 14.4. The Morgan fingerprint density at radius 2 is 1.82 bits per heavy atom. The van der Waals surface area contributed by atoms with E-state index in [0.29, 0.717) is 12.8 Å². The van der Waals surface area contributed by atoms with Gasteiger partial charge in [0.2, 0.25) is 5.91 Å². The highest BCUT2D eigenvalue weighted by Crippen LogP contribution is 2.46. The lowest BCUT2D eigenvalue weighted by Crippen LogP contribution is -2.53. The summed E-state index contributed by atoms with van der Waals surface area (Å²) in [7, 11) is -2.95. The van der Waals surface area contributed by atoms with Gasteiger partial charge in [-0.15, -0.1) is 0 Å². The number of nitrogens with zero attached hydrogens (tertiary/aromatic N) is 2. The van der Waals surface area contributed by atoms with E-state index in [9.17, 15) is 13.2 Å². The molecule has 1 saturated heterocycles. The van der Waals surface area contributed by atoms with Crippen LogP contribution in [-0.2, 0) is 14.6 Å². The first-order valence-corrected chi connectivity index (χ1v) is 10.7. The van der Waals surface area contributed by atoms with Crippen LogP contribution >= 0.6 is 0 Å². The minimum absolute atomic E-state index is 0.115. The summed E-state index contributed by atoms with van der Waals surface area (Å²) in [6, 6.07) is 0.765. The molecule has 5 nitrogen and oxygen atoms in total. The molecule has 2 aliphatic carbocycles. The second-order valence-electron chi connectivity index (χ2n) is 7.39. The van der Waals surface area contributed by atoms with E-state index in [1.54, 1.807) is 0 Å². The van der Waals surface area contributed by atoms with Crippen molar-refractivity contribution in [1.82, 2.24) is 9.80 Å². The molecule has 0 aromatic carbocycles. The molecule has 6 heteroatoms. The number of carbonyl (C=O) groups excluding carboxylic acids is 1. The first-order chi connectivity index (χ1) is 10.4. The summed E-state index contributed by atoms with van der Waals surface area (Å²) in [5.74, 6) is 2.10. The van der Waals surface area contributed by atoms with Crippen LogP contribution in [0.1, 0.15) is 38.5 Å². The van der Waals surface area contributed by atoms with Crippen molar-refractivity contribution in [3.63, 3.8) is 0 Å². The van der Waals surface area contributed by atoms with Crippen LogP contribution in [0, 0.1) is 11.8 Å². The van der Waals surface area contributed by atoms with Crippen LogP contribution in [0.5, 0.6) is 0 Å². The summed E-state index contributed by atoms with van der Waals surface area (Å²) >= 11 is 0. The minimum atomic E-state index is -2.95. The Balaban J connectivity index is 1.41. The van der Waals surface area contributed by atoms with E-state index in [4.69, 9.17) is 0 Å². The largest absolute Gasteiger partial charge is 0.340 e. The average Bonchev–Trinajstić information content (AvgIpc) is 3.08. The molecule has 3 aliphatic rings. The molecular formula is C16H28N2O3S. The number of carbonyl (C=O) groups is 1. The zero-order valence-electron chi connectivity index (χ0n) is 13.5. The maximum atomic E-state index is 12.2. The van der Waals surface area contributed by atoms with Gasteiger partial charge < -0.3 is 4.90 Å². The lowest BCUT2D eigenvalue weighted by Gasteiger charge is -2.41. The summed E-state index contributed by atoms with van der Waals surface area (Å²) < 4.78 is 22.2.